The fraction of sp³-hybridized carbons (Fsp3) is 0.606. The lowest BCUT2D eigenvalue weighted by Gasteiger charge is -2.40. The first-order chi connectivity index (χ1) is 20.6. The number of benzene rings is 2. The highest BCUT2D eigenvalue weighted by Gasteiger charge is 2.49. The van der Waals surface area contributed by atoms with Crippen LogP contribution in [0.4, 0.5) is 13.2 Å². The molecule has 0 radical (unpaired) electrons. The number of nitrogens with zero attached hydrogens (tertiary/aromatic N) is 2. The number of sulfonamides is 1. The lowest BCUT2D eigenvalue weighted by atomic mass is 9.65. The van der Waals surface area contributed by atoms with Crippen LogP contribution in [0.2, 0.25) is 0 Å². The number of alkyl halides is 3. The van der Waals surface area contributed by atoms with E-state index in [1.165, 1.54) is 35.2 Å². The molecule has 0 spiro atoms. The molecule has 11 heteroatoms. The second-order valence-corrected chi connectivity index (χ2v) is 16.3. The molecule has 44 heavy (non-hydrogen) atoms. The Morgan fingerprint density at radius 3 is 2.66 bits per heavy atom. The van der Waals surface area contributed by atoms with E-state index in [1.54, 1.807) is 0 Å². The van der Waals surface area contributed by atoms with Crippen molar-refractivity contribution in [3.05, 3.63) is 59.2 Å². The summed E-state index contributed by atoms with van der Waals surface area (Å²) in [5, 5.41) is 3.08. The van der Waals surface area contributed by atoms with Crippen LogP contribution in [0.1, 0.15) is 88.4 Å². The number of fused-ring (bicyclic) bond motifs is 3. The Hall–Kier alpha value is -2.63. The first kappa shape index (κ1) is 31.4. The summed E-state index contributed by atoms with van der Waals surface area (Å²) in [4.78, 5) is 15.4. The van der Waals surface area contributed by atoms with Gasteiger partial charge in [-0.1, -0.05) is 39.0 Å². The number of carbonyl (C=O) groups excluding carboxylic acids is 1. The Balaban J connectivity index is 1.10. The van der Waals surface area contributed by atoms with Crippen molar-refractivity contribution in [2.75, 3.05) is 19.7 Å². The van der Waals surface area contributed by atoms with Gasteiger partial charge >= 0.3 is 6.18 Å². The lowest BCUT2D eigenvalue weighted by molar-refractivity contribution is -0.137. The van der Waals surface area contributed by atoms with Gasteiger partial charge < -0.3 is 10.1 Å². The maximum Gasteiger partial charge on any atom is 0.416 e. The van der Waals surface area contributed by atoms with Gasteiger partial charge in [0, 0.05) is 50.1 Å². The minimum Gasteiger partial charge on any atom is -0.493 e. The third kappa shape index (κ3) is 6.37. The molecule has 3 fully saturated rings. The molecule has 2 aromatic rings. The number of halogens is 3. The highest BCUT2D eigenvalue weighted by atomic mass is 32.2. The van der Waals surface area contributed by atoms with E-state index in [0.29, 0.717) is 48.8 Å². The third-order valence-electron chi connectivity index (χ3n) is 9.87. The van der Waals surface area contributed by atoms with Gasteiger partial charge in [-0.05, 0) is 72.8 Å². The van der Waals surface area contributed by atoms with Crippen LogP contribution in [0.3, 0.4) is 0 Å². The standard InChI is InChI=1S/C33H42F3N3O4S/c1-31(2)17-25-18-32(3,20-31)21-38(25)19-22-9-10-27-28(11-13-43-29(27)14-22)37-30(40)16-24-7-5-12-39(24)44(41,42)26-8-4-6-23(15-26)33(34,35)36/h4,6,8-10,14-15,24-25,28H,5,7,11-13,16-21H2,1-3H3,(H,37,40). The van der Waals surface area contributed by atoms with Crippen LogP contribution in [0.5, 0.6) is 5.75 Å². The van der Waals surface area contributed by atoms with Gasteiger partial charge in [-0.2, -0.15) is 17.5 Å². The van der Waals surface area contributed by atoms with Gasteiger partial charge in [0.1, 0.15) is 5.75 Å². The third-order valence-corrected chi connectivity index (χ3v) is 11.8. The number of hydrogen-bond acceptors (Lipinski definition) is 5. The van der Waals surface area contributed by atoms with Crippen LogP contribution in [-0.4, -0.2) is 55.3 Å². The summed E-state index contributed by atoms with van der Waals surface area (Å²) < 4.78 is 73.6. The minimum atomic E-state index is -4.65. The number of rotatable bonds is 7. The average molecular weight is 634 g/mol. The smallest absolute Gasteiger partial charge is 0.416 e. The Bertz CT molecular complexity index is 1530. The zero-order valence-corrected chi connectivity index (χ0v) is 26.4. The SMILES string of the molecule is CC1(C)CC2CC(C)(CN2Cc2ccc3c(c2)OCCC3NC(=O)CC2CCCN2S(=O)(=O)c2cccc(C(F)(F)F)c2)C1. The summed E-state index contributed by atoms with van der Waals surface area (Å²) in [5.41, 5.74) is 1.78. The molecular formula is C33H42F3N3O4S. The molecule has 3 heterocycles. The highest BCUT2D eigenvalue weighted by Crippen LogP contribution is 2.53. The lowest BCUT2D eigenvalue weighted by Crippen LogP contribution is -2.40. The van der Waals surface area contributed by atoms with E-state index < -0.39 is 32.7 Å². The molecule has 2 aromatic carbocycles. The summed E-state index contributed by atoms with van der Waals surface area (Å²) in [6.07, 6.45) is 0.575. The van der Waals surface area contributed by atoms with Crippen molar-refractivity contribution in [2.45, 2.75) is 101 Å². The van der Waals surface area contributed by atoms with Gasteiger partial charge in [0.15, 0.2) is 0 Å². The van der Waals surface area contributed by atoms with Crippen molar-refractivity contribution >= 4 is 15.9 Å². The Morgan fingerprint density at radius 1 is 1.09 bits per heavy atom. The molecule has 1 amide bonds. The van der Waals surface area contributed by atoms with Crippen LogP contribution in [0, 0.1) is 10.8 Å². The first-order valence-electron chi connectivity index (χ1n) is 15.6. The maximum atomic E-state index is 13.3. The minimum absolute atomic E-state index is 0.0611. The van der Waals surface area contributed by atoms with Crippen molar-refractivity contribution in [3.8, 4) is 5.75 Å². The predicted octanol–water partition coefficient (Wildman–Crippen LogP) is 6.29. The quantitative estimate of drug-likeness (QED) is 0.388. The summed E-state index contributed by atoms with van der Waals surface area (Å²) in [6.45, 7) is 9.74. The molecule has 4 atom stereocenters. The van der Waals surface area contributed by atoms with Crippen molar-refractivity contribution in [1.82, 2.24) is 14.5 Å². The Morgan fingerprint density at radius 2 is 1.89 bits per heavy atom. The van der Waals surface area contributed by atoms with E-state index in [4.69, 9.17) is 4.74 Å². The average Bonchev–Trinajstić information content (AvgIpc) is 3.49. The van der Waals surface area contributed by atoms with Crippen molar-refractivity contribution < 1.29 is 31.1 Å². The number of nitrogens with one attached hydrogen (secondary N) is 1. The molecule has 2 bridgehead atoms. The number of hydrogen-bond donors (Lipinski definition) is 1. The largest absolute Gasteiger partial charge is 0.493 e. The van der Waals surface area contributed by atoms with Gasteiger partial charge in [0.05, 0.1) is 23.1 Å². The molecule has 3 aliphatic heterocycles. The first-order valence-corrected chi connectivity index (χ1v) is 17.0. The second-order valence-electron chi connectivity index (χ2n) is 14.4. The van der Waals surface area contributed by atoms with E-state index in [2.05, 4.69) is 43.1 Å². The molecule has 7 nitrogen and oxygen atoms in total. The number of amides is 1. The van der Waals surface area contributed by atoms with Gasteiger partial charge in [-0.3, -0.25) is 9.69 Å². The number of likely N-dealkylation sites (tertiary alicyclic amines) is 1. The van der Waals surface area contributed by atoms with Crippen LogP contribution in [-0.2, 0) is 27.5 Å². The van der Waals surface area contributed by atoms with Gasteiger partial charge in [0.25, 0.3) is 0 Å². The fourth-order valence-corrected chi connectivity index (χ4v) is 10.2. The topological polar surface area (TPSA) is 79.0 Å². The second kappa shape index (κ2) is 11.3. The van der Waals surface area contributed by atoms with Crippen molar-refractivity contribution in [3.63, 3.8) is 0 Å². The van der Waals surface area contributed by atoms with E-state index in [9.17, 15) is 26.4 Å². The van der Waals surface area contributed by atoms with Crippen LogP contribution >= 0.6 is 0 Å². The maximum absolute atomic E-state index is 13.3. The van der Waals surface area contributed by atoms with Gasteiger partial charge in [0.2, 0.25) is 15.9 Å². The summed E-state index contributed by atoms with van der Waals surface area (Å²) in [5.74, 6) is 0.477. The molecule has 0 aromatic heterocycles. The molecule has 6 rings (SSSR count). The van der Waals surface area contributed by atoms with Gasteiger partial charge in [-0.25, -0.2) is 8.42 Å². The predicted molar refractivity (Wildman–Crippen MR) is 160 cm³/mol. The monoisotopic (exact) mass is 633 g/mol. The number of ether oxygens (including phenoxy) is 1. The fourth-order valence-electron chi connectivity index (χ4n) is 8.44. The molecular weight excluding hydrogens is 591 g/mol. The molecule has 1 aliphatic carbocycles. The number of carbonyl (C=O) groups is 1. The molecule has 4 unspecified atom stereocenters. The summed E-state index contributed by atoms with van der Waals surface area (Å²) in [7, 11) is -4.20. The van der Waals surface area contributed by atoms with Crippen LogP contribution in [0.15, 0.2) is 47.4 Å². The van der Waals surface area contributed by atoms with E-state index in [-0.39, 0.29) is 24.9 Å². The molecule has 4 aliphatic rings. The molecule has 1 N–H and O–H groups in total. The van der Waals surface area contributed by atoms with E-state index in [0.717, 1.165) is 36.5 Å². The van der Waals surface area contributed by atoms with Crippen molar-refractivity contribution in [1.29, 1.82) is 0 Å². The zero-order chi connectivity index (χ0) is 31.5. The molecule has 240 valence electrons. The molecule has 1 saturated carbocycles. The van der Waals surface area contributed by atoms with Crippen LogP contribution in [0.25, 0.3) is 0 Å². The summed E-state index contributed by atoms with van der Waals surface area (Å²) in [6, 6.07) is 9.71. The Labute approximate surface area is 258 Å². The highest BCUT2D eigenvalue weighted by molar-refractivity contribution is 7.89. The summed E-state index contributed by atoms with van der Waals surface area (Å²) >= 11 is 0. The van der Waals surface area contributed by atoms with E-state index in [1.807, 2.05) is 6.07 Å². The van der Waals surface area contributed by atoms with E-state index >= 15 is 0 Å². The van der Waals surface area contributed by atoms with Crippen molar-refractivity contribution in [2.24, 2.45) is 10.8 Å². The molecule has 2 saturated heterocycles. The van der Waals surface area contributed by atoms with Gasteiger partial charge in [-0.15, -0.1) is 0 Å². The zero-order valence-electron chi connectivity index (χ0n) is 25.6. The normalized spacial score (nSPS) is 28.8. The Kier molecular flexibility index (Phi) is 8.06. The van der Waals surface area contributed by atoms with Crippen LogP contribution < -0.4 is 10.1 Å².